The lowest BCUT2D eigenvalue weighted by molar-refractivity contribution is -0.136. The lowest BCUT2D eigenvalue weighted by Crippen LogP contribution is -2.24. The SMILES string of the molecule is CCCCCCCCCCCCCCCCC(C(=O)O)S(C)=O. The molecule has 4 heteroatoms. The van der Waals surface area contributed by atoms with Gasteiger partial charge in [-0.3, -0.25) is 9.00 Å². The van der Waals surface area contributed by atoms with Crippen LogP contribution in [0.5, 0.6) is 0 Å². The average molecular weight is 347 g/mol. The van der Waals surface area contributed by atoms with Crippen molar-refractivity contribution in [1.29, 1.82) is 0 Å². The summed E-state index contributed by atoms with van der Waals surface area (Å²) in [6.45, 7) is 2.26. The van der Waals surface area contributed by atoms with Crippen molar-refractivity contribution < 1.29 is 14.1 Å². The topological polar surface area (TPSA) is 54.4 Å². The van der Waals surface area contributed by atoms with Gasteiger partial charge in [0, 0.05) is 17.1 Å². The molecule has 3 nitrogen and oxygen atoms in total. The van der Waals surface area contributed by atoms with Gasteiger partial charge in [-0.05, 0) is 6.42 Å². The van der Waals surface area contributed by atoms with Crippen LogP contribution >= 0.6 is 0 Å². The van der Waals surface area contributed by atoms with Crippen molar-refractivity contribution in [3.63, 3.8) is 0 Å². The van der Waals surface area contributed by atoms with Crippen LogP contribution in [0.4, 0.5) is 0 Å². The fraction of sp³-hybridized carbons (Fsp3) is 0.947. The van der Waals surface area contributed by atoms with Crippen molar-refractivity contribution in [3.8, 4) is 0 Å². The highest BCUT2D eigenvalue weighted by atomic mass is 32.2. The zero-order valence-corrected chi connectivity index (χ0v) is 16.2. The van der Waals surface area contributed by atoms with Crippen LogP contribution in [0, 0.1) is 0 Å². The van der Waals surface area contributed by atoms with Gasteiger partial charge in [-0.15, -0.1) is 0 Å². The van der Waals surface area contributed by atoms with Crippen LogP contribution in [-0.4, -0.2) is 26.8 Å². The molecule has 138 valence electrons. The van der Waals surface area contributed by atoms with E-state index in [1.807, 2.05) is 0 Å². The largest absolute Gasteiger partial charge is 0.480 e. The molecule has 23 heavy (non-hydrogen) atoms. The van der Waals surface area contributed by atoms with E-state index in [1.165, 1.54) is 83.3 Å². The predicted octanol–water partition coefficient (Wildman–Crippen LogP) is 5.69. The van der Waals surface area contributed by atoms with Crippen molar-refractivity contribution in [2.24, 2.45) is 0 Å². The molecule has 0 saturated carbocycles. The van der Waals surface area contributed by atoms with E-state index < -0.39 is 22.0 Å². The van der Waals surface area contributed by atoms with Crippen LogP contribution in [0.15, 0.2) is 0 Å². The standard InChI is InChI=1S/C19H38O3S/c1-3-4-5-6-7-8-9-10-11-12-13-14-15-16-17-18(19(20)21)23(2)22/h18H,3-17H2,1-2H3,(H,20,21). The van der Waals surface area contributed by atoms with E-state index in [1.54, 1.807) is 0 Å². The summed E-state index contributed by atoms with van der Waals surface area (Å²) in [6.07, 6.45) is 20.2. The summed E-state index contributed by atoms with van der Waals surface area (Å²) in [6, 6.07) is 0. The van der Waals surface area contributed by atoms with Crippen LogP contribution in [0.3, 0.4) is 0 Å². The van der Waals surface area contributed by atoms with E-state index >= 15 is 0 Å². The van der Waals surface area contributed by atoms with Gasteiger partial charge in [0.1, 0.15) is 5.25 Å². The van der Waals surface area contributed by atoms with Crippen molar-refractivity contribution in [1.82, 2.24) is 0 Å². The monoisotopic (exact) mass is 346 g/mol. The van der Waals surface area contributed by atoms with Gasteiger partial charge < -0.3 is 5.11 Å². The molecule has 0 radical (unpaired) electrons. The molecule has 0 fully saturated rings. The molecule has 1 N–H and O–H groups in total. The molecule has 0 bridgehead atoms. The first-order chi connectivity index (χ1) is 11.1. The zero-order chi connectivity index (χ0) is 17.3. The Balaban J connectivity index is 3.24. The third kappa shape index (κ3) is 14.9. The van der Waals surface area contributed by atoms with Crippen LogP contribution in [0.1, 0.15) is 103 Å². The van der Waals surface area contributed by atoms with Gasteiger partial charge in [-0.25, -0.2) is 0 Å². The molecule has 0 rings (SSSR count). The highest BCUT2D eigenvalue weighted by Crippen LogP contribution is 2.14. The number of carbonyl (C=O) groups is 1. The van der Waals surface area contributed by atoms with Gasteiger partial charge in [0.25, 0.3) is 0 Å². The highest BCUT2D eigenvalue weighted by molar-refractivity contribution is 7.85. The second-order valence-corrected chi connectivity index (χ2v) is 8.28. The first-order valence-corrected chi connectivity index (χ1v) is 11.3. The maximum Gasteiger partial charge on any atom is 0.319 e. The lowest BCUT2D eigenvalue weighted by atomic mass is 10.0. The molecule has 0 aromatic carbocycles. The van der Waals surface area contributed by atoms with E-state index in [2.05, 4.69) is 6.92 Å². The minimum absolute atomic E-state index is 0.552. The Morgan fingerprint density at radius 2 is 1.13 bits per heavy atom. The van der Waals surface area contributed by atoms with Crippen LogP contribution in [-0.2, 0) is 15.6 Å². The van der Waals surface area contributed by atoms with Crippen molar-refractivity contribution in [2.75, 3.05) is 6.26 Å². The number of hydrogen-bond donors (Lipinski definition) is 1. The number of aliphatic carboxylic acids is 1. The first kappa shape index (κ1) is 22.6. The van der Waals surface area contributed by atoms with Crippen molar-refractivity contribution >= 4 is 16.8 Å². The van der Waals surface area contributed by atoms with Gasteiger partial charge >= 0.3 is 5.97 Å². The molecular formula is C19H38O3S. The quantitative estimate of drug-likeness (QED) is 0.344. The average Bonchev–Trinajstić information content (AvgIpc) is 2.50. The molecule has 0 amide bonds. The minimum Gasteiger partial charge on any atom is -0.480 e. The Kier molecular flexibility index (Phi) is 16.2. The maximum absolute atomic E-state index is 11.3. The third-order valence-corrected chi connectivity index (χ3v) is 5.73. The van der Waals surface area contributed by atoms with E-state index in [0.29, 0.717) is 6.42 Å². The molecule has 0 aliphatic carbocycles. The molecule has 2 atom stereocenters. The molecule has 0 aromatic heterocycles. The Labute approximate surface area is 146 Å². The van der Waals surface area contributed by atoms with Gasteiger partial charge in [0.2, 0.25) is 0 Å². The van der Waals surface area contributed by atoms with Gasteiger partial charge in [0.15, 0.2) is 0 Å². The Hall–Kier alpha value is -0.380. The number of hydrogen-bond acceptors (Lipinski definition) is 2. The molecule has 0 heterocycles. The van der Waals surface area contributed by atoms with E-state index in [0.717, 1.165) is 12.8 Å². The second kappa shape index (κ2) is 16.5. The first-order valence-electron chi connectivity index (χ1n) is 9.64. The van der Waals surface area contributed by atoms with E-state index in [-0.39, 0.29) is 0 Å². The Bertz CT molecular complexity index is 291. The van der Waals surface area contributed by atoms with Gasteiger partial charge in [-0.2, -0.15) is 0 Å². The molecule has 0 saturated heterocycles. The minimum atomic E-state index is -1.25. The molecule has 2 unspecified atom stereocenters. The Morgan fingerprint density at radius 1 is 0.783 bits per heavy atom. The fourth-order valence-electron chi connectivity index (χ4n) is 2.96. The van der Waals surface area contributed by atoms with Crippen LogP contribution in [0.25, 0.3) is 0 Å². The molecule has 0 spiro atoms. The van der Waals surface area contributed by atoms with Crippen LogP contribution < -0.4 is 0 Å². The summed E-state index contributed by atoms with van der Waals surface area (Å²) in [4.78, 5) is 10.9. The molecule has 0 aliphatic rings. The van der Waals surface area contributed by atoms with E-state index in [4.69, 9.17) is 5.11 Å². The predicted molar refractivity (Wildman–Crippen MR) is 100 cm³/mol. The second-order valence-electron chi connectivity index (χ2n) is 6.71. The van der Waals surface area contributed by atoms with Gasteiger partial charge in [0.05, 0.1) is 0 Å². The number of carboxylic acids is 1. The number of unbranched alkanes of at least 4 members (excludes halogenated alkanes) is 13. The molecule has 0 aromatic rings. The highest BCUT2D eigenvalue weighted by Gasteiger charge is 2.20. The lowest BCUT2D eigenvalue weighted by Gasteiger charge is -2.08. The summed E-state index contributed by atoms with van der Waals surface area (Å²) in [5.41, 5.74) is 0. The smallest absolute Gasteiger partial charge is 0.319 e. The molecule has 0 aliphatic heterocycles. The third-order valence-electron chi connectivity index (χ3n) is 4.50. The summed E-state index contributed by atoms with van der Waals surface area (Å²) in [5.74, 6) is -0.916. The van der Waals surface area contributed by atoms with Crippen molar-refractivity contribution in [2.45, 2.75) is 108 Å². The Morgan fingerprint density at radius 3 is 1.43 bits per heavy atom. The summed E-state index contributed by atoms with van der Waals surface area (Å²) < 4.78 is 11.3. The molecular weight excluding hydrogens is 308 g/mol. The maximum atomic E-state index is 11.3. The number of rotatable bonds is 17. The summed E-state index contributed by atoms with van der Waals surface area (Å²) in [5, 5.41) is 8.28. The fourth-order valence-corrected chi connectivity index (χ4v) is 3.74. The number of carboxylic acid groups (broad SMARTS) is 1. The zero-order valence-electron chi connectivity index (χ0n) is 15.4. The summed E-state index contributed by atoms with van der Waals surface area (Å²) in [7, 11) is -1.25. The van der Waals surface area contributed by atoms with Crippen LogP contribution in [0.2, 0.25) is 0 Å². The van der Waals surface area contributed by atoms with E-state index in [9.17, 15) is 9.00 Å². The normalized spacial score (nSPS) is 13.8. The summed E-state index contributed by atoms with van der Waals surface area (Å²) >= 11 is 0. The van der Waals surface area contributed by atoms with Gasteiger partial charge in [-0.1, -0.05) is 96.8 Å². The van der Waals surface area contributed by atoms with Crippen molar-refractivity contribution in [3.05, 3.63) is 0 Å².